The fraction of sp³-hybridized carbons (Fsp3) is 0.0667. The molecule has 0 aliphatic heterocycles. The van der Waals surface area contributed by atoms with Crippen molar-refractivity contribution in [2.45, 2.75) is 5.25 Å². The van der Waals surface area contributed by atoms with E-state index in [1.165, 1.54) is 12.1 Å². The fourth-order valence-electron chi connectivity index (χ4n) is 3.87. The summed E-state index contributed by atoms with van der Waals surface area (Å²) in [5.41, 5.74) is -0.793. The molecule has 280 valence electrons. The van der Waals surface area contributed by atoms with Gasteiger partial charge in [-0.05, 0) is 240 Å². The third-order valence-corrected chi connectivity index (χ3v) is 18.1. The first-order valence-corrected chi connectivity index (χ1v) is 24.4. The Labute approximate surface area is 421 Å². The molecule has 4 aromatic rings. The van der Waals surface area contributed by atoms with Gasteiger partial charge in [0, 0.05) is 44.3 Å². The molecule has 0 aromatic heterocycles. The van der Waals surface area contributed by atoms with Gasteiger partial charge in [-0.3, -0.25) is 0 Å². The fourth-order valence-corrected chi connectivity index (χ4v) is 11.2. The summed E-state index contributed by atoms with van der Waals surface area (Å²) in [6, 6.07) is 11.6. The van der Waals surface area contributed by atoms with Gasteiger partial charge in [0.05, 0.1) is 16.7 Å². The molecular weight excluding hydrogens is 1750 g/mol. The molecule has 0 saturated carbocycles. The number of benzene rings is 4. The van der Waals surface area contributed by atoms with Gasteiger partial charge in [-0.2, -0.15) is 8.78 Å². The molecule has 0 N–H and O–H groups in total. The van der Waals surface area contributed by atoms with Crippen LogP contribution in [0.5, 0.6) is 17.2 Å². The minimum atomic E-state index is -6.29. The van der Waals surface area contributed by atoms with Crippen LogP contribution >= 0.6 is 203 Å². The zero-order chi connectivity index (χ0) is 39.7. The van der Waals surface area contributed by atoms with Gasteiger partial charge in [-0.25, -0.2) is 27.6 Å². The molecule has 0 amide bonds. The minimum Gasteiger partial charge on any atom is -0.743 e. The lowest BCUT2D eigenvalue weighted by atomic mass is 10.1. The van der Waals surface area contributed by atoms with Crippen LogP contribution in [0.1, 0.15) is 41.4 Å². The third-order valence-electron chi connectivity index (χ3n) is 6.24. The molecule has 4 rings (SSSR count). The summed E-state index contributed by atoms with van der Waals surface area (Å²) in [6.07, 6.45) is 0. The summed E-state index contributed by atoms with van der Waals surface area (Å²) in [6.45, 7) is -2.24. The molecule has 0 spiro atoms. The van der Waals surface area contributed by atoms with Crippen molar-refractivity contribution in [1.29, 1.82) is 0 Å². The largest absolute Gasteiger partial charge is 0.743 e. The van der Waals surface area contributed by atoms with Crippen LogP contribution in [0.3, 0.4) is 0 Å². The number of carbonyl (C=O) groups excluding carboxylic acids is 4. The topological polar surface area (TPSA) is 162 Å². The summed E-state index contributed by atoms with van der Waals surface area (Å²) < 4.78 is 88.6. The van der Waals surface area contributed by atoms with Crippen LogP contribution in [0, 0.1) is 32.1 Å². The molecule has 0 unspecified atom stereocenters. The number of carbonyl (C=O) groups is 4. The molecule has 11 nitrogen and oxygen atoms in total. The first kappa shape index (κ1) is 46.8. The van der Waals surface area contributed by atoms with E-state index >= 15 is 0 Å². The Morgan fingerprint density at radius 2 is 0.906 bits per heavy atom. The standard InChI is InChI=1S/C30H11F2I9O11S/c31-30(32,53(46,47)48)9-49-29(45)22-20(51-27(43)15-2-11(34)5-18(37)24(15)40)7-13(50-26(42)14-1-10(33)4-17(36)23(14)39)8-21(22)52-28(44)16-3-12(35)6-19(38)25(16)41/h1-8H,9H2,(H,46,47,48)/p-1. The number of rotatable bonds is 10. The highest BCUT2D eigenvalue weighted by atomic mass is 127. The molecule has 0 atom stereocenters. The summed E-state index contributed by atoms with van der Waals surface area (Å²) in [4.78, 5) is 54.4. The molecule has 0 aliphatic carbocycles. The molecule has 0 radical (unpaired) electrons. The average molecular weight is 1760 g/mol. The zero-order valence-electron chi connectivity index (χ0n) is 24.9. The van der Waals surface area contributed by atoms with Crippen LogP contribution in [0.15, 0.2) is 48.5 Å². The zero-order valence-corrected chi connectivity index (χ0v) is 45.1. The lowest BCUT2D eigenvalue weighted by Crippen LogP contribution is -2.35. The predicted octanol–water partition coefficient (Wildman–Crippen LogP) is 10.1. The Balaban J connectivity index is 1.95. The lowest BCUT2D eigenvalue weighted by molar-refractivity contribution is -0.0103. The van der Waals surface area contributed by atoms with E-state index in [1.807, 2.05) is 209 Å². The first-order chi connectivity index (χ1) is 24.5. The van der Waals surface area contributed by atoms with Gasteiger partial charge in [0.1, 0.15) is 11.3 Å². The van der Waals surface area contributed by atoms with Crippen LogP contribution in [0.4, 0.5) is 8.78 Å². The van der Waals surface area contributed by atoms with Crippen molar-refractivity contribution in [3.8, 4) is 17.2 Å². The highest BCUT2D eigenvalue weighted by Crippen LogP contribution is 2.38. The maximum atomic E-state index is 14.2. The van der Waals surface area contributed by atoms with Crippen molar-refractivity contribution < 1.29 is 59.9 Å². The van der Waals surface area contributed by atoms with E-state index in [0.717, 1.165) is 15.7 Å². The van der Waals surface area contributed by atoms with Gasteiger partial charge < -0.3 is 23.5 Å². The second kappa shape index (κ2) is 19.4. The van der Waals surface area contributed by atoms with Crippen LogP contribution in [0.2, 0.25) is 0 Å². The molecule has 0 aliphatic rings. The quantitative estimate of drug-likeness (QED) is 0.0488. The van der Waals surface area contributed by atoms with Gasteiger partial charge in [-0.15, -0.1) is 0 Å². The van der Waals surface area contributed by atoms with Gasteiger partial charge in [0.2, 0.25) is 0 Å². The number of esters is 4. The number of halogens is 11. The van der Waals surface area contributed by atoms with Gasteiger partial charge in [-0.1, -0.05) is 0 Å². The van der Waals surface area contributed by atoms with Crippen LogP contribution < -0.4 is 14.2 Å². The first-order valence-electron chi connectivity index (χ1n) is 13.3. The van der Waals surface area contributed by atoms with Gasteiger partial charge >= 0.3 is 29.1 Å². The number of hydrogen-bond donors (Lipinski definition) is 0. The summed E-state index contributed by atoms with van der Waals surface area (Å²) in [7, 11) is -6.29. The third kappa shape index (κ3) is 11.9. The smallest absolute Gasteiger partial charge is 0.367 e. The van der Waals surface area contributed by atoms with E-state index < -0.39 is 68.7 Å². The van der Waals surface area contributed by atoms with Crippen LogP contribution in [-0.2, 0) is 14.9 Å². The van der Waals surface area contributed by atoms with E-state index in [9.17, 15) is 40.9 Å². The summed E-state index contributed by atoms with van der Waals surface area (Å²) in [5, 5.41) is -5.06. The molecule has 0 heterocycles. The van der Waals surface area contributed by atoms with Crippen molar-refractivity contribution in [1.82, 2.24) is 0 Å². The molecule has 0 saturated heterocycles. The molecule has 53 heavy (non-hydrogen) atoms. The Morgan fingerprint density at radius 3 is 1.25 bits per heavy atom. The maximum Gasteiger partial charge on any atom is 0.367 e. The Hall–Kier alpha value is 1.10. The van der Waals surface area contributed by atoms with Crippen molar-refractivity contribution in [3.63, 3.8) is 0 Å². The molecule has 23 heteroatoms. The summed E-state index contributed by atoms with van der Waals surface area (Å²) in [5.74, 6) is -6.83. The SMILES string of the molecule is O=C(Oc1cc(OC(=O)c2cc(I)cc(I)c2I)c(C(=O)OCC(F)(F)S(=O)(=O)[O-])c(OC(=O)c2cc(I)cc(I)c2I)c1)c1cc(I)cc(I)c1I. The Bertz CT molecular complexity index is 2230. The van der Waals surface area contributed by atoms with E-state index in [-0.39, 0.29) is 16.7 Å². The normalized spacial score (nSPS) is 11.5. The molecule has 4 aromatic carbocycles. The van der Waals surface area contributed by atoms with Crippen LogP contribution in [-0.4, -0.2) is 48.7 Å². The Kier molecular flexibility index (Phi) is 17.2. The minimum absolute atomic E-state index is 0.0112. The van der Waals surface area contributed by atoms with Crippen molar-refractivity contribution in [3.05, 3.63) is 103 Å². The van der Waals surface area contributed by atoms with Gasteiger partial charge in [0.25, 0.3) is 0 Å². The second-order valence-corrected chi connectivity index (χ2v) is 21.8. The van der Waals surface area contributed by atoms with Gasteiger partial charge in [0.15, 0.2) is 28.2 Å². The number of ether oxygens (including phenoxy) is 4. The molecule has 0 fully saturated rings. The maximum absolute atomic E-state index is 14.2. The number of alkyl halides is 2. The average Bonchev–Trinajstić information content (AvgIpc) is 3.04. The van der Waals surface area contributed by atoms with E-state index in [4.69, 9.17) is 14.2 Å². The monoisotopic (exact) mass is 1760 g/mol. The van der Waals surface area contributed by atoms with E-state index in [0.29, 0.717) is 28.6 Å². The number of hydrogen-bond acceptors (Lipinski definition) is 11. The predicted molar refractivity (Wildman–Crippen MR) is 260 cm³/mol. The lowest BCUT2D eigenvalue weighted by Gasteiger charge is -2.21. The van der Waals surface area contributed by atoms with E-state index in [1.54, 1.807) is 18.2 Å². The molecular formula is C30H10F2I9O11S-. The Morgan fingerprint density at radius 1 is 0.566 bits per heavy atom. The highest BCUT2D eigenvalue weighted by Gasteiger charge is 2.40. The molecule has 0 bridgehead atoms. The summed E-state index contributed by atoms with van der Waals surface area (Å²) >= 11 is 17.7. The second-order valence-electron chi connectivity index (χ2n) is 9.88. The highest BCUT2D eigenvalue weighted by molar-refractivity contribution is 14.1. The van der Waals surface area contributed by atoms with Crippen molar-refractivity contribution >= 4 is 237 Å². The van der Waals surface area contributed by atoms with E-state index in [2.05, 4.69) is 4.74 Å². The van der Waals surface area contributed by atoms with Crippen molar-refractivity contribution in [2.24, 2.45) is 0 Å². The van der Waals surface area contributed by atoms with Crippen molar-refractivity contribution in [2.75, 3.05) is 6.61 Å². The van der Waals surface area contributed by atoms with Crippen LogP contribution in [0.25, 0.3) is 0 Å².